The van der Waals surface area contributed by atoms with Crippen LogP contribution in [0.5, 0.6) is 11.5 Å². The van der Waals surface area contributed by atoms with E-state index in [1.165, 1.54) is 24.3 Å². The smallest absolute Gasteiger partial charge is 0.424 e. The lowest BCUT2D eigenvalue weighted by molar-refractivity contribution is -0.0604. The van der Waals surface area contributed by atoms with Gasteiger partial charge in [-0.15, -0.1) is 0 Å². The molecule has 0 amide bonds. The molecule has 0 bridgehead atoms. The summed E-state index contributed by atoms with van der Waals surface area (Å²) in [6.07, 6.45) is -7.29. The first-order valence-corrected chi connectivity index (χ1v) is 17.5. The molecule has 0 saturated carbocycles. The molecule has 4 rings (SSSR count). The summed E-state index contributed by atoms with van der Waals surface area (Å²) in [5, 5.41) is 0. The van der Waals surface area contributed by atoms with Gasteiger partial charge in [-0.25, -0.2) is 23.3 Å². The number of nitrogens with one attached hydrogen (secondary N) is 1. The molecule has 3 N–H and O–H groups in total. The van der Waals surface area contributed by atoms with Gasteiger partial charge in [-0.2, -0.15) is 0 Å². The van der Waals surface area contributed by atoms with Crippen LogP contribution in [-0.4, -0.2) is 62.7 Å². The van der Waals surface area contributed by atoms with Crippen LogP contribution in [0, 0.1) is 0 Å². The first-order chi connectivity index (χ1) is 22.4. The SMILES string of the molecule is CCCCCP(=O)(O)OP(=O)(O)OC[C@H]1O[C@@H](n2ccc(=O)[nH]c2=O)C(OC(=O)Oc2ccccc2)[C@H]1OC(=O)Oc1ccccc1. The molecule has 0 radical (unpaired) electrons. The van der Waals surface area contributed by atoms with Crippen molar-refractivity contribution in [2.24, 2.45) is 0 Å². The molecular formula is C28H32N2O15P2. The van der Waals surface area contributed by atoms with E-state index in [9.17, 15) is 38.1 Å². The van der Waals surface area contributed by atoms with E-state index in [2.05, 4.69) is 4.31 Å². The fourth-order valence-corrected chi connectivity index (χ4v) is 7.12. The third-order valence-electron chi connectivity index (χ3n) is 6.44. The number of phosphoric acid groups is 1. The van der Waals surface area contributed by atoms with Crippen LogP contribution >= 0.6 is 15.4 Å². The van der Waals surface area contributed by atoms with Gasteiger partial charge in [-0.05, 0) is 30.7 Å². The van der Waals surface area contributed by atoms with Crippen LogP contribution in [0.15, 0.2) is 82.5 Å². The first-order valence-electron chi connectivity index (χ1n) is 14.2. The average Bonchev–Trinajstić information content (AvgIpc) is 3.32. The molecule has 2 aromatic carbocycles. The fraction of sp³-hybridized carbons (Fsp3) is 0.357. The maximum absolute atomic E-state index is 12.9. The minimum atomic E-state index is -5.24. The van der Waals surface area contributed by atoms with E-state index < -0.39 is 76.3 Å². The second-order valence-electron chi connectivity index (χ2n) is 9.99. The number of carbonyl (C=O) groups excluding carboxylic acids is 2. The quantitative estimate of drug-likeness (QED) is 0.0931. The highest BCUT2D eigenvalue weighted by Crippen LogP contribution is 2.60. The van der Waals surface area contributed by atoms with Gasteiger partial charge >= 0.3 is 33.4 Å². The number of unbranched alkanes of at least 4 members (excludes halogenated alkanes) is 2. The summed E-state index contributed by atoms with van der Waals surface area (Å²) in [5.41, 5.74) is -1.79. The van der Waals surface area contributed by atoms with Crippen LogP contribution in [-0.2, 0) is 32.2 Å². The van der Waals surface area contributed by atoms with Crippen molar-refractivity contribution in [2.45, 2.75) is 50.7 Å². The van der Waals surface area contributed by atoms with Crippen molar-refractivity contribution in [1.82, 2.24) is 9.55 Å². The number of para-hydroxylation sites is 2. The molecule has 0 aliphatic carbocycles. The molecule has 6 atom stereocenters. The highest BCUT2D eigenvalue weighted by Gasteiger charge is 2.52. The Balaban J connectivity index is 1.63. The molecule has 1 saturated heterocycles. The molecule has 1 fully saturated rings. The fourth-order valence-electron chi connectivity index (χ4n) is 4.36. The minimum absolute atomic E-state index is 0.0635. The predicted molar refractivity (Wildman–Crippen MR) is 161 cm³/mol. The van der Waals surface area contributed by atoms with Crippen LogP contribution < -0.4 is 20.7 Å². The molecule has 254 valence electrons. The van der Waals surface area contributed by atoms with Gasteiger partial charge in [0, 0.05) is 12.3 Å². The van der Waals surface area contributed by atoms with Gasteiger partial charge in [0.1, 0.15) is 17.6 Å². The Morgan fingerprint density at radius 3 is 2.00 bits per heavy atom. The zero-order chi connectivity index (χ0) is 34.0. The lowest BCUT2D eigenvalue weighted by Gasteiger charge is -2.24. The van der Waals surface area contributed by atoms with Gasteiger partial charge < -0.3 is 33.5 Å². The highest BCUT2D eigenvalue weighted by atomic mass is 31.3. The molecule has 1 aliphatic heterocycles. The van der Waals surface area contributed by atoms with Crippen LogP contribution in [0.4, 0.5) is 9.59 Å². The normalized spacial score (nSPS) is 21.6. The van der Waals surface area contributed by atoms with Crippen molar-refractivity contribution in [2.75, 3.05) is 12.8 Å². The monoisotopic (exact) mass is 698 g/mol. The van der Waals surface area contributed by atoms with E-state index in [1.807, 2.05) is 11.9 Å². The van der Waals surface area contributed by atoms with E-state index in [-0.39, 0.29) is 17.9 Å². The number of H-pyrrole nitrogens is 1. The summed E-state index contributed by atoms with van der Waals surface area (Å²) in [7, 11) is -9.81. The van der Waals surface area contributed by atoms with Crippen molar-refractivity contribution >= 4 is 27.7 Å². The van der Waals surface area contributed by atoms with E-state index in [0.717, 1.165) is 16.8 Å². The number of phosphoric ester groups is 1. The third kappa shape index (κ3) is 10.7. The molecule has 1 aromatic heterocycles. The Kier molecular flexibility index (Phi) is 12.3. The number of aromatic amines is 1. The molecule has 2 heterocycles. The number of ether oxygens (including phenoxy) is 5. The maximum Gasteiger partial charge on any atom is 0.514 e. The number of aromatic nitrogens is 2. The molecule has 0 spiro atoms. The molecule has 47 heavy (non-hydrogen) atoms. The Bertz CT molecular complexity index is 1720. The van der Waals surface area contributed by atoms with Crippen LogP contribution in [0.1, 0.15) is 32.4 Å². The summed E-state index contributed by atoms with van der Waals surface area (Å²) in [4.78, 5) is 72.6. The molecule has 17 nitrogen and oxygen atoms in total. The number of benzene rings is 2. The zero-order valence-corrected chi connectivity index (χ0v) is 26.6. The van der Waals surface area contributed by atoms with Gasteiger partial charge in [0.05, 0.1) is 12.8 Å². The number of nitrogens with zero attached hydrogens (tertiary/aromatic N) is 1. The Morgan fingerprint density at radius 1 is 0.872 bits per heavy atom. The molecule has 1 aliphatic rings. The lowest BCUT2D eigenvalue weighted by Crippen LogP contribution is -2.43. The van der Waals surface area contributed by atoms with Crippen molar-refractivity contribution in [3.05, 3.63) is 93.8 Å². The third-order valence-corrected chi connectivity index (χ3v) is 9.64. The molecule has 19 heteroatoms. The van der Waals surface area contributed by atoms with E-state index in [0.29, 0.717) is 12.8 Å². The second-order valence-corrected chi connectivity index (χ2v) is 13.6. The molecular weight excluding hydrogens is 666 g/mol. The zero-order valence-electron chi connectivity index (χ0n) is 24.8. The number of carbonyl (C=O) groups is 2. The standard InChI is InChI=1S/C28H32N2O15P2/c1-2-3-10-17-46(35,36)45-47(37,38)39-18-21-23(43-27(33)40-19-11-6-4-7-12-19)24(44-28(34)41-20-13-8-5-9-14-20)25(42-21)30-16-15-22(31)29-26(30)32/h4-9,11-16,21,23-25H,2-3,10,17-18H2,1H3,(H,35,36)(H,37,38)(H,29,31,32)/t21-,23+,24?,25-/m1/s1. The largest absolute Gasteiger partial charge is 0.514 e. The van der Waals surface area contributed by atoms with Gasteiger partial charge in [0.2, 0.25) is 0 Å². The van der Waals surface area contributed by atoms with Gasteiger partial charge in [0.15, 0.2) is 18.4 Å². The van der Waals surface area contributed by atoms with Crippen LogP contribution in [0.25, 0.3) is 0 Å². The molecule has 3 unspecified atom stereocenters. The Labute approximate surface area is 267 Å². The second kappa shape index (κ2) is 16.2. The van der Waals surface area contributed by atoms with Gasteiger partial charge in [-0.1, -0.05) is 56.2 Å². The predicted octanol–water partition coefficient (Wildman–Crippen LogP) is 4.11. The number of hydrogen-bond acceptors (Lipinski definition) is 13. The molecule has 3 aromatic rings. The average molecular weight is 699 g/mol. The summed E-state index contributed by atoms with van der Waals surface area (Å²) in [5.74, 6) is 0.134. The van der Waals surface area contributed by atoms with Crippen molar-refractivity contribution in [3.63, 3.8) is 0 Å². The van der Waals surface area contributed by atoms with Crippen LogP contribution in [0.3, 0.4) is 0 Å². The lowest BCUT2D eigenvalue weighted by atomic mass is 10.1. The topological polar surface area (TPSA) is 228 Å². The summed E-state index contributed by atoms with van der Waals surface area (Å²) >= 11 is 0. The Hall–Kier alpha value is -4.08. The van der Waals surface area contributed by atoms with Crippen LogP contribution in [0.2, 0.25) is 0 Å². The van der Waals surface area contributed by atoms with E-state index in [1.54, 1.807) is 36.4 Å². The van der Waals surface area contributed by atoms with Crippen molar-refractivity contribution < 1.29 is 61.0 Å². The maximum atomic E-state index is 12.9. The highest BCUT2D eigenvalue weighted by molar-refractivity contribution is 7.64. The van der Waals surface area contributed by atoms with E-state index in [4.69, 9.17) is 28.2 Å². The Morgan fingerprint density at radius 2 is 1.45 bits per heavy atom. The van der Waals surface area contributed by atoms with Gasteiger partial charge in [0.25, 0.3) is 5.56 Å². The first kappa shape index (κ1) is 35.8. The van der Waals surface area contributed by atoms with Crippen molar-refractivity contribution in [3.8, 4) is 11.5 Å². The summed E-state index contributed by atoms with van der Waals surface area (Å²) in [6.45, 7) is 0.889. The van der Waals surface area contributed by atoms with E-state index >= 15 is 0 Å². The van der Waals surface area contributed by atoms with Gasteiger partial charge in [-0.3, -0.25) is 23.4 Å². The summed E-state index contributed by atoms with van der Waals surface area (Å²) < 4.78 is 62.4. The number of hydrogen-bond donors (Lipinski definition) is 3. The minimum Gasteiger partial charge on any atom is -0.424 e. The van der Waals surface area contributed by atoms with Crippen molar-refractivity contribution in [1.29, 1.82) is 0 Å². The summed E-state index contributed by atoms with van der Waals surface area (Å²) in [6, 6.07) is 16.3. The number of rotatable bonds is 14.